The van der Waals surface area contributed by atoms with Crippen LogP contribution in [0, 0.1) is 33.6 Å². The fourth-order valence-electron chi connectivity index (χ4n) is 7.00. The molecule has 1 heterocycles. The molecule has 1 amide bonds. The van der Waals surface area contributed by atoms with Crippen molar-refractivity contribution in [3.63, 3.8) is 0 Å². The van der Waals surface area contributed by atoms with Crippen LogP contribution in [-0.2, 0) is 9.59 Å². The Bertz CT molecular complexity index is 1610. The van der Waals surface area contributed by atoms with E-state index in [1.165, 1.54) is 64.3 Å². The summed E-state index contributed by atoms with van der Waals surface area (Å²) in [5.74, 6) is 1.50. The lowest BCUT2D eigenvalue weighted by molar-refractivity contribution is -0.159. The van der Waals surface area contributed by atoms with Crippen LogP contribution >= 0.6 is 0 Å². The van der Waals surface area contributed by atoms with Gasteiger partial charge in [0.25, 0.3) is 0 Å². The zero-order valence-corrected chi connectivity index (χ0v) is 35.5. The third kappa shape index (κ3) is 14.2. The molecule has 4 atom stereocenters. The lowest BCUT2D eigenvalue weighted by atomic mass is 9.85. The van der Waals surface area contributed by atoms with Crippen LogP contribution in [0.15, 0.2) is 54.6 Å². The third-order valence-corrected chi connectivity index (χ3v) is 10.6. The van der Waals surface area contributed by atoms with Gasteiger partial charge in [-0.25, -0.2) is 0 Å². The lowest BCUT2D eigenvalue weighted by Crippen LogP contribution is -2.46. The molecule has 0 bridgehead atoms. The van der Waals surface area contributed by atoms with E-state index in [-0.39, 0.29) is 11.7 Å². The molecule has 3 aromatic rings. The summed E-state index contributed by atoms with van der Waals surface area (Å²) >= 11 is 0. The molecule has 0 saturated carbocycles. The van der Waals surface area contributed by atoms with Gasteiger partial charge in [0.1, 0.15) is 17.7 Å². The number of para-hydroxylation sites is 1. The summed E-state index contributed by atoms with van der Waals surface area (Å²) in [7, 11) is 0. The van der Waals surface area contributed by atoms with E-state index in [1.807, 2.05) is 6.92 Å². The summed E-state index contributed by atoms with van der Waals surface area (Å²) in [6.07, 6.45) is 5.92. The zero-order chi connectivity index (χ0) is 40.6. The van der Waals surface area contributed by atoms with E-state index in [0.717, 1.165) is 38.5 Å². The molecule has 54 heavy (non-hydrogen) atoms. The van der Waals surface area contributed by atoms with Crippen molar-refractivity contribution in [2.24, 2.45) is 5.92 Å². The van der Waals surface area contributed by atoms with Crippen molar-refractivity contribution in [1.29, 1.82) is 0 Å². The molecule has 5 nitrogen and oxygen atoms in total. The molecule has 0 radical (unpaired) electrons. The number of carbonyl (C=O) groups is 2. The SMILES string of the molecule is CCC(C)c1cc(C)c(-c2cc(C)ccc2C)c(C)c1.CCCC1(CCC(C)CC)NC(c2ccccc2OC(C)(F)F)NC1=O.CCCCCC(C)=O. The first kappa shape index (κ1) is 46.6. The summed E-state index contributed by atoms with van der Waals surface area (Å²) in [4.78, 5) is 23.1. The van der Waals surface area contributed by atoms with E-state index >= 15 is 0 Å². The molecule has 300 valence electrons. The largest absolute Gasteiger partial charge is 0.432 e. The maximum atomic E-state index is 13.3. The van der Waals surface area contributed by atoms with Gasteiger partial charge in [-0.3, -0.25) is 10.1 Å². The van der Waals surface area contributed by atoms with Crippen molar-refractivity contribution in [3.8, 4) is 16.9 Å². The number of nitrogens with one attached hydrogen (secondary N) is 2. The van der Waals surface area contributed by atoms with E-state index in [1.54, 1.807) is 25.1 Å². The van der Waals surface area contributed by atoms with Gasteiger partial charge in [0.05, 0.1) is 5.54 Å². The predicted molar refractivity (Wildman–Crippen MR) is 222 cm³/mol. The number of hydrogen-bond acceptors (Lipinski definition) is 4. The highest BCUT2D eigenvalue weighted by Crippen LogP contribution is 2.36. The number of halogens is 2. The van der Waals surface area contributed by atoms with Gasteiger partial charge < -0.3 is 14.8 Å². The number of hydrogen-bond donors (Lipinski definition) is 2. The van der Waals surface area contributed by atoms with Crippen LogP contribution in [0.4, 0.5) is 8.78 Å². The quantitative estimate of drug-likeness (QED) is 0.143. The van der Waals surface area contributed by atoms with E-state index in [2.05, 4.69) is 103 Å². The average Bonchev–Trinajstić information content (AvgIpc) is 3.43. The van der Waals surface area contributed by atoms with Crippen molar-refractivity contribution < 1.29 is 23.1 Å². The maximum Gasteiger partial charge on any atom is 0.394 e. The van der Waals surface area contributed by atoms with Crippen LogP contribution in [0.25, 0.3) is 11.1 Å². The summed E-state index contributed by atoms with van der Waals surface area (Å²) in [6.45, 7) is 24.3. The molecule has 1 aliphatic rings. The van der Waals surface area contributed by atoms with Crippen molar-refractivity contribution in [3.05, 3.63) is 88.0 Å². The molecule has 4 rings (SSSR count). The highest BCUT2D eigenvalue weighted by molar-refractivity contribution is 5.89. The third-order valence-electron chi connectivity index (χ3n) is 10.6. The number of amides is 1. The molecule has 7 heteroatoms. The Hall–Kier alpha value is -3.58. The first-order chi connectivity index (χ1) is 25.4. The minimum Gasteiger partial charge on any atom is -0.432 e. The van der Waals surface area contributed by atoms with Crippen LogP contribution < -0.4 is 15.4 Å². The standard InChI is InChI=1S/C20H30F2N2O2.C20H26.C7H14O/c1-5-12-20(13-11-14(3)6-2)18(25)23-17(24-20)15-9-7-8-10-16(15)26-19(4,21)22;1-7-14(3)18-11-16(5)20(17(6)12-18)19-10-13(2)8-9-15(19)4;1-3-4-5-6-7(2)8/h7-10,14,17,24H,5-6,11-13H2,1-4H3,(H,23,25);8-12,14H,7H2,1-6H3;3-6H2,1-2H3. The molecule has 0 spiro atoms. The first-order valence-corrected chi connectivity index (χ1v) is 20.3. The van der Waals surface area contributed by atoms with Crippen molar-refractivity contribution >= 4 is 11.7 Å². The van der Waals surface area contributed by atoms with Gasteiger partial charge in [0.2, 0.25) is 5.91 Å². The van der Waals surface area contributed by atoms with Crippen molar-refractivity contribution in [1.82, 2.24) is 10.6 Å². The second kappa shape index (κ2) is 22.1. The lowest BCUT2D eigenvalue weighted by Gasteiger charge is -2.28. The molecule has 2 N–H and O–H groups in total. The van der Waals surface area contributed by atoms with Crippen LogP contribution in [-0.4, -0.2) is 23.3 Å². The molecule has 1 saturated heterocycles. The summed E-state index contributed by atoms with van der Waals surface area (Å²) in [6, 6.07) is 18.1. The molecule has 4 unspecified atom stereocenters. The topological polar surface area (TPSA) is 67.4 Å². The number of benzene rings is 3. The van der Waals surface area contributed by atoms with Gasteiger partial charge in [0, 0.05) is 18.9 Å². The Morgan fingerprint density at radius 3 is 2.07 bits per heavy atom. The van der Waals surface area contributed by atoms with Gasteiger partial charge in [-0.2, -0.15) is 8.78 Å². The Kier molecular flexibility index (Phi) is 19.1. The molecular formula is C47H70F2N2O3. The van der Waals surface area contributed by atoms with E-state index in [0.29, 0.717) is 36.5 Å². The summed E-state index contributed by atoms with van der Waals surface area (Å²) in [5, 5.41) is 6.33. The second-order valence-electron chi connectivity index (χ2n) is 15.7. The smallest absolute Gasteiger partial charge is 0.394 e. The molecule has 0 aromatic heterocycles. The van der Waals surface area contributed by atoms with E-state index in [9.17, 15) is 18.4 Å². The first-order valence-electron chi connectivity index (χ1n) is 20.3. The molecule has 3 aromatic carbocycles. The van der Waals surface area contributed by atoms with Crippen molar-refractivity contribution in [2.45, 2.75) is 171 Å². The van der Waals surface area contributed by atoms with Gasteiger partial charge in [0.15, 0.2) is 0 Å². The Morgan fingerprint density at radius 2 is 1.52 bits per heavy atom. The van der Waals surface area contributed by atoms with Crippen LogP contribution in [0.3, 0.4) is 0 Å². The minimum atomic E-state index is -3.28. The number of ketones is 1. The van der Waals surface area contributed by atoms with Crippen LogP contribution in [0.2, 0.25) is 0 Å². The number of unbranched alkanes of at least 4 members (excludes halogenated alkanes) is 2. The Morgan fingerprint density at radius 1 is 0.870 bits per heavy atom. The van der Waals surface area contributed by atoms with Crippen LogP contribution in [0.1, 0.15) is 165 Å². The molecule has 0 aliphatic carbocycles. The minimum absolute atomic E-state index is 0.0642. The zero-order valence-electron chi connectivity index (χ0n) is 35.5. The number of alkyl halides is 2. The van der Waals surface area contributed by atoms with E-state index < -0.39 is 17.8 Å². The number of Topliss-reactive ketones (excluding diaryl/α,β-unsaturated/α-hetero) is 1. The van der Waals surface area contributed by atoms with Crippen LogP contribution in [0.5, 0.6) is 5.75 Å². The maximum absolute atomic E-state index is 13.3. The summed E-state index contributed by atoms with van der Waals surface area (Å²) in [5.41, 5.74) is 9.61. The number of carbonyl (C=O) groups excluding carboxylic acids is 2. The normalized spacial score (nSPS) is 17.7. The highest BCUT2D eigenvalue weighted by Gasteiger charge is 2.46. The average molecular weight is 749 g/mol. The highest BCUT2D eigenvalue weighted by atomic mass is 19.3. The number of rotatable bonds is 16. The van der Waals surface area contributed by atoms with E-state index in [4.69, 9.17) is 4.74 Å². The molecule has 1 fully saturated rings. The second-order valence-corrected chi connectivity index (χ2v) is 15.7. The number of aryl methyl sites for hydroxylation is 4. The molecular weight excluding hydrogens is 679 g/mol. The Labute approximate surface area is 326 Å². The van der Waals surface area contributed by atoms with Gasteiger partial charge in [-0.1, -0.05) is 121 Å². The molecule has 1 aliphatic heterocycles. The number of ether oxygens (including phenoxy) is 1. The van der Waals surface area contributed by atoms with Gasteiger partial charge in [-0.05, 0) is 118 Å². The van der Waals surface area contributed by atoms with Gasteiger partial charge >= 0.3 is 6.11 Å². The predicted octanol–water partition coefficient (Wildman–Crippen LogP) is 13.0. The summed E-state index contributed by atoms with van der Waals surface area (Å²) < 4.78 is 31.5. The van der Waals surface area contributed by atoms with Crippen molar-refractivity contribution in [2.75, 3.05) is 0 Å². The van der Waals surface area contributed by atoms with Gasteiger partial charge in [-0.15, -0.1) is 0 Å². The Balaban J connectivity index is 0.000000318. The monoisotopic (exact) mass is 749 g/mol. The fourth-order valence-corrected chi connectivity index (χ4v) is 7.00. The fraction of sp³-hybridized carbons (Fsp3) is 0.574.